The van der Waals surface area contributed by atoms with E-state index in [4.69, 9.17) is 40.0 Å². The monoisotopic (exact) mass is 749 g/mol. The van der Waals surface area contributed by atoms with Crippen molar-refractivity contribution >= 4 is 39.7 Å². The summed E-state index contributed by atoms with van der Waals surface area (Å²) in [6.07, 6.45) is 4.89. The molecule has 0 spiro atoms. The number of imidazole rings is 2. The maximum absolute atomic E-state index is 9.77. The summed E-state index contributed by atoms with van der Waals surface area (Å²) in [6, 6.07) is 8.68. The summed E-state index contributed by atoms with van der Waals surface area (Å²) in [6.45, 7) is 7.11. The van der Waals surface area contributed by atoms with Crippen molar-refractivity contribution in [3.05, 3.63) is 65.9 Å². The third-order valence-corrected chi connectivity index (χ3v) is 10.6. The van der Waals surface area contributed by atoms with E-state index in [-0.39, 0.29) is 48.8 Å². The lowest BCUT2D eigenvalue weighted by Crippen LogP contribution is -2.31. The van der Waals surface area contributed by atoms with Crippen LogP contribution in [0.3, 0.4) is 0 Å². The lowest BCUT2D eigenvalue weighted by Gasteiger charge is -2.24. The average molecular weight is 750 g/mol. The van der Waals surface area contributed by atoms with Crippen LogP contribution in [0.5, 0.6) is 0 Å². The number of hydrogen-bond donors (Lipinski definition) is 3. The molecule has 0 bridgehead atoms. The van der Waals surface area contributed by atoms with Crippen LogP contribution in [0.25, 0.3) is 22.3 Å². The Bertz CT molecular complexity index is 2150. The highest BCUT2D eigenvalue weighted by Crippen LogP contribution is 2.45. The number of aliphatic hydroxyl groups is 2. The van der Waals surface area contributed by atoms with Crippen LogP contribution in [-0.2, 0) is 34.8 Å². The fourth-order valence-electron chi connectivity index (χ4n) is 8.09. The van der Waals surface area contributed by atoms with Gasteiger partial charge in [0.15, 0.2) is 51.8 Å². The van der Waals surface area contributed by atoms with Crippen LogP contribution in [0.1, 0.15) is 63.7 Å². The minimum atomic E-state index is -0.737. The van der Waals surface area contributed by atoms with E-state index >= 15 is 0 Å². The third-order valence-electron chi connectivity index (χ3n) is 10.3. The molecule has 3 N–H and O–H groups in total. The molecule has 1 aliphatic carbocycles. The van der Waals surface area contributed by atoms with Gasteiger partial charge in [0, 0.05) is 0 Å². The summed E-state index contributed by atoms with van der Waals surface area (Å²) in [4.78, 5) is 25.9. The third kappa shape index (κ3) is 6.04. The Kier molecular flexibility index (Phi) is 8.64. The number of ether oxygens (including phenoxy) is 6. The number of aromatic nitrogens is 8. The van der Waals surface area contributed by atoms with Crippen LogP contribution in [-0.4, -0.2) is 111 Å². The predicted molar refractivity (Wildman–Crippen MR) is 186 cm³/mol. The van der Waals surface area contributed by atoms with E-state index < -0.39 is 36.2 Å². The SMILES string of the molecule is CC1(C)O[C@@H]2[C@H](O1)[C@@H](CO)O[C@H]2n1cnc2c(Cl)ncnc21.CC1(C)O[C@@H]2[C@H](O1)[C@@H](CO)O[C@H]2n1cnc2c(N[C@H]3CCc4ccccc43)ncnc21. The van der Waals surface area contributed by atoms with Gasteiger partial charge in [-0.2, -0.15) is 0 Å². The normalized spacial score (nSPS) is 32.1. The molecular formula is C35H40ClN9O8. The van der Waals surface area contributed by atoms with Gasteiger partial charge in [-0.1, -0.05) is 35.9 Å². The first-order valence-corrected chi connectivity index (χ1v) is 18.0. The minimum absolute atomic E-state index is 0.146. The number of anilines is 1. The highest BCUT2D eigenvalue weighted by molar-refractivity contribution is 6.33. The maximum atomic E-state index is 9.77. The Morgan fingerprint density at radius 2 is 1.28 bits per heavy atom. The van der Waals surface area contributed by atoms with Crippen LogP contribution >= 0.6 is 11.6 Å². The van der Waals surface area contributed by atoms with Crippen molar-refractivity contribution in [3.8, 4) is 0 Å². The number of hydrogen-bond acceptors (Lipinski definition) is 15. The molecule has 8 heterocycles. The molecular weight excluding hydrogens is 710 g/mol. The van der Waals surface area contributed by atoms with Crippen LogP contribution in [0, 0.1) is 0 Å². The molecule has 4 saturated heterocycles. The number of benzene rings is 1. The Hall–Kier alpha value is -3.91. The van der Waals surface area contributed by atoms with Gasteiger partial charge in [0.25, 0.3) is 0 Å². The second kappa shape index (κ2) is 13.1. The van der Waals surface area contributed by atoms with Gasteiger partial charge in [-0.15, -0.1) is 0 Å². The maximum Gasteiger partial charge on any atom is 0.167 e. The van der Waals surface area contributed by atoms with Crippen molar-refractivity contribution in [1.82, 2.24) is 39.0 Å². The zero-order chi connectivity index (χ0) is 36.6. The first-order chi connectivity index (χ1) is 25.5. The standard InChI is InChI=1S/C22H25N5O4.C13H15ClN4O4/c1-22(2)30-17-15(9-28)29-21(18(17)31-22)27-11-25-16-19(23-10-24-20(16)27)26-14-8-7-12-5-3-4-6-13(12)14;1-13(2)21-8-6(3-19)20-12(9(8)22-13)18-5-17-7-10(14)15-4-16-11(7)18/h3-6,10-11,14-15,17-18,21,28H,7-9H2,1-2H3,(H,23,24,26);4-6,8-9,12,19H,3H2,1-2H3/t14-,15+,17+,18+,21+;6-,8-,9-,12-/m01/s1. The van der Waals surface area contributed by atoms with E-state index in [1.54, 1.807) is 17.2 Å². The second-order valence-corrected chi connectivity index (χ2v) is 15.0. The first kappa shape index (κ1) is 34.8. The van der Waals surface area contributed by atoms with Crippen LogP contribution in [0.15, 0.2) is 49.6 Å². The first-order valence-electron chi connectivity index (χ1n) is 17.6. The van der Waals surface area contributed by atoms with Crippen molar-refractivity contribution in [2.24, 2.45) is 0 Å². The fraction of sp³-hybridized carbons (Fsp3) is 0.543. The number of rotatable bonds is 6. The van der Waals surface area contributed by atoms with Crippen molar-refractivity contribution in [3.63, 3.8) is 0 Å². The van der Waals surface area contributed by atoms with Gasteiger partial charge in [0.05, 0.1) is 31.9 Å². The Balaban J connectivity index is 0.000000149. The predicted octanol–water partition coefficient (Wildman–Crippen LogP) is 3.23. The van der Waals surface area contributed by atoms with Gasteiger partial charge >= 0.3 is 0 Å². The second-order valence-electron chi connectivity index (χ2n) is 14.6. The fourth-order valence-corrected chi connectivity index (χ4v) is 8.26. The molecule has 0 radical (unpaired) electrons. The van der Waals surface area contributed by atoms with E-state index in [1.807, 2.05) is 32.3 Å². The molecule has 0 amide bonds. The molecule has 5 aromatic rings. The molecule has 4 aromatic heterocycles. The number of aliphatic hydroxyl groups excluding tert-OH is 2. The van der Waals surface area contributed by atoms with E-state index in [0.717, 1.165) is 12.8 Å². The summed E-state index contributed by atoms with van der Waals surface area (Å²) < 4.78 is 39.4. The van der Waals surface area contributed by atoms with E-state index in [0.29, 0.717) is 28.1 Å². The highest BCUT2D eigenvalue weighted by Gasteiger charge is 2.57. The topological polar surface area (TPSA) is 195 Å². The quantitative estimate of drug-likeness (QED) is 0.214. The molecule has 9 atom stereocenters. The molecule has 1 aromatic carbocycles. The lowest BCUT2D eigenvalue weighted by molar-refractivity contribution is -0.200. The number of fused-ring (bicyclic) bond motifs is 5. The zero-order valence-corrected chi connectivity index (χ0v) is 30.2. The molecule has 10 rings (SSSR count). The van der Waals surface area contributed by atoms with E-state index in [2.05, 4.69) is 59.5 Å². The lowest BCUT2D eigenvalue weighted by atomic mass is 10.1. The van der Waals surface area contributed by atoms with E-state index in [1.165, 1.54) is 23.8 Å². The van der Waals surface area contributed by atoms with Crippen molar-refractivity contribution < 1.29 is 38.6 Å². The molecule has 4 aliphatic heterocycles. The summed E-state index contributed by atoms with van der Waals surface area (Å²) in [7, 11) is 0. The van der Waals surface area contributed by atoms with Crippen LogP contribution in [0.4, 0.5) is 5.82 Å². The van der Waals surface area contributed by atoms with Gasteiger partial charge in [-0.3, -0.25) is 9.13 Å². The van der Waals surface area contributed by atoms with Crippen molar-refractivity contribution in [1.29, 1.82) is 0 Å². The van der Waals surface area contributed by atoms with Gasteiger partial charge in [-0.25, -0.2) is 29.9 Å². The molecule has 18 heteroatoms. The summed E-state index contributed by atoms with van der Waals surface area (Å²) in [5.41, 5.74) is 5.06. The van der Waals surface area contributed by atoms with Crippen LogP contribution < -0.4 is 5.32 Å². The Morgan fingerprint density at radius 1 is 0.736 bits per heavy atom. The molecule has 4 fully saturated rings. The number of nitrogens with one attached hydrogen (secondary N) is 1. The number of halogens is 1. The van der Waals surface area contributed by atoms with Gasteiger partial charge < -0.3 is 44.0 Å². The average Bonchev–Trinajstić information content (AvgIpc) is 3.99. The highest BCUT2D eigenvalue weighted by atomic mass is 35.5. The summed E-state index contributed by atoms with van der Waals surface area (Å²) in [5.74, 6) is -0.769. The van der Waals surface area contributed by atoms with Crippen molar-refractivity contribution in [2.75, 3.05) is 18.5 Å². The molecule has 280 valence electrons. The van der Waals surface area contributed by atoms with Gasteiger partial charge in [0.2, 0.25) is 0 Å². The zero-order valence-electron chi connectivity index (χ0n) is 29.4. The smallest absolute Gasteiger partial charge is 0.167 e. The molecule has 5 aliphatic rings. The minimum Gasteiger partial charge on any atom is -0.394 e. The van der Waals surface area contributed by atoms with E-state index in [9.17, 15) is 10.2 Å². The summed E-state index contributed by atoms with van der Waals surface area (Å²) >= 11 is 6.03. The Morgan fingerprint density at radius 3 is 1.91 bits per heavy atom. The number of nitrogens with zero attached hydrogens (tertiary/aromatic N) is 8. The van der Waals surface area contributed by atoms with Gasteiger partial charge in [0.1, 0.15) is 54.8 Å². The van der Waals surface area contributed by atoms with Crippen LogP contribution in [0.2, 0.25) is 5.15 Å². The molecule has 0 unspecified atom stereocenters. The van der Waals surface area contributed by atoms with Gasteiger partial charge in [-0.05, 0) is 51.7 Å². The number of aryl methyl sites for hydroxylation is 1. The molecule has 53 heavy (non-hydrogen) atoms. The molecule has 17 nitrogen and oxygen atoms in total. The molecule has 0 saturated carbocycles. The van der Waals surface area contributed by atoms with Crippen molar-refractivity contribution in [2.45, 2.75) is 107 Å². The summed E-state index contributed by atoms with van der Waals surface area (Å²) in [5, 5.41) is 23.1. The largest absolute Gasteiger partial charge is 0.394 e. The Labute approximate surface area is 308 Å².